The Balaban J connectivity index is 1.43. The van der Waals surface area contributed by atoms with E-state index in [1.807, 2.05) is 35.2 Å². The zero-order valence-electron chi connectivity index (χ0n) is 15.7. The van der Waals surface area contributed by atoms with Crippen LogP contribution in [0.1, 0.15) is 35.7 Å². The first-order valence-electron chi connectivity index (χ1n) is 9.71. The average Bonchev–Trinajstić information content (AvgIpc) is 3.49. The monoisotopic (exact) mass is 382 g/mol. The normalized spacial score (nSPS) is 25.0. The summed E-state index contributed by atoms with van der Waals surface area (Å²) in [5.41, 5.74) is 1.23. The Hall–Kier alpha value is -1.85. The Labute approximate surface area is 165 Å². The summed E-state index contributed by atoms with van der Waals surface area (Å²) >= 11 is 1.63. The molecule has 2 aromatic rings. The van der Waals surface area contributed by atoms with Gasteiger partial charge in [0.2, 0.25) is 0 Å². The van der Waals surface area contributed by atoms with Crippen molar-refractivity contribution in [3.05, 3.63) is 59.8 Å². The third-order valence-corrected chi connectivity index (χ3v) is 6.84. The Bertz CT molecular complexity index is 809. The number of nitrogens with zero attached hydrogens (tertiary/aromatic N) is 2. The van der Waals surface area contributed by atoms with Gasteiger partial charge in [0.25, 0.3) is 5.91 Å². The fourth-order valence-corrected chi connectivity index (χ4v) is 5.01. The van der Waals surface area contributed by atoms with Crippen LogP contribution in [-0.4, -0.2) is 45.3 Å². The Morgan fingerprint density at radius 2 is 2.04 bits per heavy atom. The summed E-state index contributed by atoms with van der Waals surface area (Å²) in [6.07, 6.45) is 4.85. The zero-order valence-corrected chi connectivity index (χ0v) is 16.5. The number of thioether (sulfide) groups is 1. The van der Waals surface area contributed by atoms with Gasteiger partial charge < -0.3 is 10.0 Å². The van der Waals surface area contributed by atoms with Gasteiger partial charge in [-0.15, -0.1) is 11.8 Å². The molecule has 0 spiro atoms. The van der Waals surface area contributed by atoms with Crippen LogP contribution >= 0.6 is 11.8 Å². The van der Waals surface area contributed by atoms with Gasteiger partial charge in [-0.3, -0.25) is 4.79 Å². The number of benzene rings is 1. The fraction of sp³-hybridized carbons (Fsp3) is 0.455. The van der Waals surface area contributed by atoms with Crippen molar-refractivity contribution in [3.8, 4) is 0 Å². The molecule has 0 unspecified atom stereocenters. The van der Waals surface area contributed by atoms with E-state index in [9.17, 15) is 9.90 Å². The lowest BCUT2D eigenvalue weighted by Gasteiger charge is -2.26. The Kier molecular flexibility index (Phi) is 5.24. The van der Waals surface area contributed by atoms with Crippen molar-refractivity contribution < 1.29 is 9.90 Å². The molecule has 0 radical (unpaired) electrons. The molecule has 2 heterocycles. The van der Waals surface area contributed by atoms with E-state index in [0.717, 1.165) is 30.0 Å². The molecule has 1 saturated carbocycles. The van der Waals surface area contributed by atoms with Gasteiger partial charge in [0, 0.05) is 24.4 Å². The van der Waals surface area contributed by atoms with Gasteiger partial charge in [-0.2, -0.15) is 0 Å². The number of rotatable bonds is 6. The molecule has 2 fully saturated rings. The highest BCUT2D eigenvalue weighted by molar-refractivity contribution is 7.99. The predicted molar refractivity (Wildman–Crippen MR) is 108 cm³/mol. The highest BCUT2D eigenvalue weighted by Crippen LogP contribution is 2.47. The molecule has 1 aliphatic carbocycles. The zero-order chi connectivity index (χ0) is 18.9. The van der Waals surface area contributed by atoms with Gasteiger partial charge in [0.05, 0.1) is 17.7 Å². The number of carbonyl (C=O) groups excluding carboxylic acids is 1. The predicted octanol–water partition coefficient (Wildman–Crippen LogP) is 3.65. The second-order valence-electron chi connectivity index (χ2n) is 7.79. The summed E-state index contributed by atoms with van der Waals surface area (Å²) in [7, 11) is 0. The van der Waals surface area contributed by atoms with Crippen LogP contribution in [0, 0.1) is 11.8 Å². The summed E-state index contributed by atoms with van der Waals surface area (Å²) in [6, 6.07) is 14.0. The molecule has 4 nitrogen and oxygen atoms in total. The number of aromatic nitrogens is 1. The summed E-state index contributed by atoms with van der Waals surface area (Å²) < 4.78 is 0. The smallest absolute Gasteiger partial charge is 0.256 e. The summed E-state index contributed by atoms with van der Waals surface area (Å²) in [4.78, 5) is 19.4. The number of aliphatic hydroxyl groups is 1. The number of hydrogen-bond acceptors (Lipinski definition) is 4. The molecule has 5 heteroatoms. The highest BCUT2D eigenvalue weighted by Gasteiger charge is 2.53. The lowest BCUT2D eigenvalue weighted by Crippen LogP contribution is -2.40. The molecule has 4 rings (SSSR count). The molecule has 1 aliphatic heterocycles. The van der Waals surface area contributed by atoms with Crippen molar-refractivity contribution in [1.82, 2.24) is 9.88 Å². The first-order valence-corrected chi connectivity index (χ1v) is 10.7. The van der Waals surface area contributed by atoms with Crippen molar-refractivity contribution in [2.24, 2.45) is 11.8 Å². The SMILES string of the molecule is C[C@@H]1CN(C(=O)c2cccnc2SCCc2ccccc2)C[C@@]1(O)C1CC1. The molecule has 1 amide bonds. The van der Waals surface area contributed by atoms with E-state index in [2.05, 4.69) is 24.0 Å². The van der Waals surface area contributed by atoms with Crippen molar-refractivity contribution in [3.63, 3.8) is 0 Å². The lowest BCUT2D eigenvalue weighted by molar-refractivity contribution is -0.00366. The molecule has 27 heavy (non-hydrogen) atoms. The largest absolute Gasteiger partial charge is 0.387 e. The summed E-state index contributed by atoms with van der Waals surface area (Å²) in [6.45, 7) is 3.12. The average molecular weight is 383 g/mol. The first-order chi connectivity index (χ1) is 13.1. The Morgan fingerprint density at radius 3 is 2.78 bits per heavy atom. The molecule has 2 atom stereocenters. The Morgan fingerprint density at radius 1 is 1.26 bits per heavy atom. The van der Waals surface area contributed by atoms with E-state index >= 15 is 0 Å². The molecular formula is C22H26N2O2S. The second-order valence-corrected chi connectivity index (χ2v) is 8.88. The minimum Gasteiger partial charge on any atom is -0.387 e. The van der Waals surface area contributed by atoms with Crippen LogP contribution in [0.5, 0.6) is 0 Å². The van der Waals surface area contributed by atoms with E-state index in [1.165, 1.54) is 5.56 Å². The van der Waals surface area contributed by atoms with Crippen LogP contribution < -0.4 is 0 Å². The quantitative estimate of drug-likeness (QED) is 0.775. The van der Waals surface area contributed by atoms with Crippen LogP contribution in [0.25, 0.3) is 0 Å². The van der Waals surface area contributed by atoms with Gasteiger partial charge in [-0.25, -0.2) is 4.98 Å². The van der Waals surface area contributed by atoms with Gasteiger partial charge >= 0.3 is 0 Å². The minimum atomic E-state index is -0.710. The van der Waals surface area contributed by atoms with Crippen molar-refractivity contribution in [1.29, 1.82) is 0 Å². The standard InChI is InChI=1S/C22H26N2O2S/c1-16-14-24(15-22(16,26)18-9-10-18)21(25)19-8-5-12-23-20(19)27-13-11-17-6-3-2-4-7-17/h2-8,12,16,18,26H,9-11,13-15H2,1H3/t16-,22+/m1/s1. The van der Waals surface area contributed by atoms with E-state index in [1.54, 1.807) is 18.0 Å². The van der Waals surface area contributed by atoms with Crippen molar-refractivity contribution >= 4 is 17.7 Å². The van der Waals surface area contributed by atoms with Gasteiger partial charge in [0.15, 0.2) is 0 Å². The van der Waals surface area contributed by atoms with E-state index < -0.39 is 5.60 Å². The van der Waals surface area contributed by atoms with E-state index in [0.29, 0.717) is 24.6 Å². The highest BCUT2D eigenvalue weighted by atomic mass is 32.2. The second kappa shape index (κ2) is 7.64. The molecule has 142 valence electrons. The maximum absolute atomic E-state index is 13.1. The van der Waals surface area contributed by atoms with Crippen LogP contribution in [0.15, 0.2) is 53.7 Å². The number of β-amino-alcohol motifs (C(OH)–C–C–N with tert-alkyl or cyclic N) is 1. The minimum absolute atomic E-state index is 0.00580. The van der Waals surface area contributed by atoms with Gasteiger partial charge in [-0.05, 0) is 42.9 Å². The van der Waals surface area contributed by atoms with Crippen LogP contribution in [-0.2, 0) is 6.42 Å². The number of likely N-dealkylation sites (tertiary alicyclic amines) is 1. The van der Waals surface area contributed by atoms with E-state index in [-0.39, 0.29) is 11.8 Å². The molecule has 0 bridgehead atoms. The molecule has 1 aromatic carbocycles. The van der Waals surface area contributed by atoms with Gasteiger partial charge in [-0.1, -0.05) is 37.3 Å². The summed E-state index contributed by atoms with van der Waals surface area (Å²) in [5.74, 6) is 1.36. The fourth-order valence-electron chi connectivity index (χ4n) is 4.03. The molecular weight excluding hydrogens is 356 g/mol. The number of amides is 1. The van der Waals surface area contributed by atoms with E-state index in [4.69, 9.17) is 0 Å². The molecule has 1 aromatic heterocycles. The number of hydrogen-bond donors (Lipinski definition) is 1. The van der Waals surface area contributed by atoms with Gasteiger partial charge in [0.1, 0.15) is 5.03 Å². The molecule has 1 saturated heterocycles. The number of pyridine rings is 1. The number of aryl methyl sites for hydroxylation is 1. The van der Waals surface area contributed by atoms with Crippen LogP contribution in [0.2, 0.25) is 0 Å². The third-order valence-electron chi connectivity index (χ3n) is 5.84. The maximum atomic E-state index is 13.1. The van der Waals surface area contributed by atoms with Crippen molar-refractivity contribution in [2.75, 3.05) is 18.8 Å². The topological polar surface area (TPSA) is 53.4 Å². The van der Waals surface area contributed by atoms with Crippen LogP contribution in [0.3, 0.4) is 0 Å². The maximum Gasteiger partial charge on any atom is 0.256 e. The summed E-state index contributed by atoms with van der Waals surface area (Å²) in [5, 5.41) is 11.8. The lowest BCUT2D eigenvalue weighted by atomic mass is 9.88. The molecule has 1 N–H and O–H groups in total. The third kappa shape index (κ3) is 3.90. The molecule has 2 aliphatic rings. The first kappa shape index (κ1) is 18.5. The van der Waals surface area contributed by atoms with Crippen molar-refractivity contribution in [2.45, 2.75) is 36.8 Å². The van der Waals surface area contributed by atoms with Crippen LogP contribution in [0.4, 0.5) is 0 Å². The number of carbonyl (C=O) groups is 1.